The number of hydrogen-bond donors (Lipinski definition) is 0. The SMILES string of the molecule is CC1CC(=O)N(c2ccc(-c3cncc(B4OC(C)(C)C(C)(C)O4)c3)cc2)C1. The van der Waals surface area contributed by atoms with E-state index < -0.39 is 7.12 Å². The van der Waals surface area contributed by atoms with E-state index >= 15 is 0 Å². The van der Waals surface area contributed by atoms with Gasteiger partial charge in [0.05, 0.1) is 11.2 Å². The molecule has 0 saturated carbocycles. The molecule has 6 heteroatoms. The first-order chi connectivity index (χ1) is 13.2. The van der Waals surface area contributed by atoms with E-state index in [1.54, 1.807) is 6.20 Å². The van der Waals surface area contributed by atoms with Crippen LogP contribution in [0.3, 0.4) is 0 Å². The minimum absolute atomic E-state index is 0.199. The number of carbonyl (C=O) groups is 1. The van der Waals surface area contributed by atoms with Gasteiger partial charge < -0.3 is 14.2 Å². The number of hydrogen-bond acceptors (Lipinski definition) is 4. The third kappa shape index (κ3) is 3.35. The maximum Gasteiger partial charge on any atom is 0.496 e. The van der Waals surface area contributed by atoms with Crippen LogP contribution in [0.2, 0.25) is 0 Å². The third-order valence-electron chi connectivity index (χ3n) is 6.12. The smallest absolute Gasteiger partial charge is 0.399 e. The maximum atomic E-state index is 12.1. The highest BCUT2D eigenvalue weighted by molar-refractivity contribution is 6.62. The quantitative estimate of drug-likeness (QED) is 0.768. The van der Waals surface area contributed by atoms with E-state index in [1.165, 1.54) is 0 Å². The van der Waals surface area contributed by atoms with E-state index in [9.17, 15) is 4.79 Å². The monoisotopic (exact) mass is 378 g/mol. The number of benzene rings is 1. The number of rotatable bonds is 3. The molecule has 28 heavy (non-hydrogen) atoms. The predicted octanol–water partition coefficient (Wildman–Crippen LogP) is 3.42. The van der Waals surface area contributed by atoms with Crippen LogP contribution in [0.5, 0.6) is 0 Å². The summed E-state index contributed by atoms with van der Waals surface area (Å²) < 4.78 is 12.3. The molecule has 4 rings (SSSR count). The van der Waals surface area contributed by atoms with Crippen molar-refractivity contribution in [3.63, 3.8) is 0 Å². The molecule has 3 heterocycles. The number of aromatic nitrogens is 1. The van der Waals surface area contributed by atoms with E-state index in [4.69, 9.17) is 9.31 Å². The molecular weight excluding hydrogens is 351 g/mol. The molecule has 2 fully saturated rings. The average Bonchev–Trinajstić information content (AvgIpc) is 3.09. The molecule has 1 aromatic heterocycles. The van der Waals surface area contributed by atoms with E-state index in [0.29, 0.717) is 12.3 Å². The molecule has 1 atom stereocenters. The van der Waals surface area contributed by atoms with Gasteiger partial charge in [0.15, 0.2) is 0 Å². The summed E-state index contributed by atoms with van der Waals surface area (Å²) in [7, 11) is -0.430. The van der Waals surface area contributed by atoms with Crippen LogP contribution in [0, 0.1) is 5.92 Å². The normalized spacial score (nSPS) is 23.5. The molecular formula is C22H27BN2O3. The van der Waals surface area contributed by atoms with E-state index in [0.717, 1.165) is 28.8 Å². The molecule has 0 N–H and O–H groups in total. The first-order valence-corrected chi connectivity index (χ1v) is 9.88. The lowest BCUT2D eigenvalue weighted by molar-refractivity contribution is -0.117. The van der Waals surface area contributed by atoms with Crippen molar-refractivity contribution < 1.29 is 14.1 Å². The lowest BCUT2D eigenvalue weighted by Crippen LogP contribution is -2.41. The summed E-state index contributed by atoms with van der Waals surface area (Å²) in [6, 6.07) is 10.2. The van der Waals surface area contributed by atoms with Gasteiger partial charge in [-0.1, -0.05) is 25.1 Å². The summed E-state index contributed by atoms with van der Waals surface area (Å²) >= 11 is 0. The molecule has 0 spiro atoms. The lowest BCUT2D eigenvalue weighted by atomic mass is 9.79. The Kier molecular flexibility index (Phi) is 4.59. The molecule has 2 aliphatic rings. The first kappa shape index (κ1) is 19.2. The second-order valence-corrected chi connectivity index (χ2v) is 8.96. The fourth-order valence-electron chi connectivity index (χ4n) is 3.69. The van der Waals surface area contributed by atoms with Gasteiger partial charge in [-0.05, 0) is 56.9 Å². The molecule has 0 aliphatic carbocycles. The van der Waals surface area contributed by atoms with Gasteiger partial charge in [0.25, 0.3) is 0 Å². The Morgan fingerprint density at radius 1 is 1.04 bits per heavy atom. The van der Waals surface area contributed by atoms with Crippen LogP contribution in [-0.2, 0) is 14.1 Å². The summed E-state index contributed by atoms with van der Waals surface area (Å²) in [5, 5.41) is 0. The Morgan fingerprint density at radius 2 is 1.68 bits per heavy atom. The summed E-state index contributed by atoms with van der Waals surface area (Å²) in [5.74, 6) is 0.609. The molecule has 1 aromatic carbocycles. The molecule has 2 aromatic rings. The molecule has 5 nitrogen and oxygen atoms in total. The topological polar surface area (TPSA) is 51.7 Å². The minimum atomic E-state index is -0.430. The van der Waals surface area contributed by atoms with Crippen molar-refractivity contribution in [2.24, 2.45) is 5.92 Å². The Morgan fingerprint density at radius 3 is 2.25 bits per heavy atom. The minimum Gasteiger partial charge on any atom is -0.399 e. The summed E-state index contributed by atoms with van der Waals surface area (Å²) in [5.41, 5.74) is 3.15. The number of amides is 1. The molecule has 2 aliphatic heterocycles. The third-order valence-corrected chi connectivity index (χ3v) is 6.12. The summed E-state index contributed by atoms with van der Waals surface area (Å²) in [6.45, 7) is 11.1. The van der Waals surface area contributed by atoms with Crippen molar-refractivity contribution in [1.82, 2.24) is 4.98 Å². The zero-order chi connectivity index (χ0) is 20.1. The van der Waals surface area contributed by atoms with Crippen LogP contribution in [0.15, 0.2) is 42.7 Å². The molecule has 1 unspecified atom stereocenters. The highest BCUT2D eigenvalue weighted by atomic mass is 16.7. The fraction of sp³-hybridized carbons (Fsp3) is 0.455. The predicted molar refractivity (Wildman–Crippen MR) is 112 cm³/mol. The lowest BCUT2D eigenvalue weighted by Gasteiger charge is -2.32. The average molecular weight is 378 g/mol. The summed E-state index contributed by atoms with van der Waals surface area (Å²) in [4.78, 5) is 18.4. The largest absolute Gasteiger partial charge is 0.496 e. The molecule has 0 bridgehead atoms. The maximum absolute atomic E-state index is 12.1. The second-order valence-electron chi connectivity index (χ2n) is 8.96. The zero-order valence-corrected chi connectivity index (χ0v) is 17.2. The van der Waals surface area contributed by atoms with Gasteiger partial charge in [-0.15, -0.1) is 0 Å². The van der Waals surface area contributed by atoms with Crippen LogP contribution < -0.4 is 10.4 Å². The second kappa shape index (κ2) is 6.71. The van der Waals surface area contributed by atoms with Crippen molar-refractivity contribution >= 4 is 24.2 Å². The molecule has 146 valence electrons. The Balaban J connectivity index is 1.56. The van der Waals surface area contributed by atoms with Crippen molar-refractivity contribution in [3.8, 4) is 11.1 Å². The fourth-order valence-corrected chi connectivity index (χ4v) is 3.69. The number of anilines is 1. The van der Waals surface area contributed by atoms with E-state index in [1.807, 2.05) is 63.1 Å². The van der Waals surface area contributed by atoms with Crippen LogP contribution in [0.4, 0.5) is 5.69 Å². The number of nitrogens with zero attached hydrogens (tertiary/aromatic N) is 2. The van der Waals surface area contributed by atoms with Crippen molar-refractivity contribution in [2.45, 2.75) is 52.2 Å². The van der Waals surface area contributed by atoms with Crippen LogP contribution >= 0.6 is 0 Å². The zero-order valence-electron chi connectivity index (χ0n) is 17.2. The molecule has 2 saturated heterocycles. The molecule has 1 amide bonds. The van der Waals surface area contributed by atoms with E-state index in [2.05, 4.69) is 18.0 Å². The van der Waals surface area contributed by atoms with Crippen molar-refractivity contribution in [2.75, 3.05) is 11.4 Å². The van der Waals surface area contributed by atoms with Gasteiger partial charge >= 0.3 is 7.12 Å². The van der Waals surface area contributed by atoms with Gasteiger partial charge in [0, 0.05) is 36.5 Å². The van der Waals surface area contributed by atoms with Crippen LogP contribution in [0.1, 0.15) is 41.0 Å². The first-order valence-electron chi connectivity index (χ1n) is 9.88. The van der Waals surface area contributed by atoms with Gasteiger partial charge in [-0.25, -0.2) is 0 Å². The van der Waals surface area contributed by atoms with Crippen molar-refractivity contribution in [1.29, 1.82) is 0 Å². The van der Waals surface area contributed by atoms with E-state index in [-0.39, 0.29) is 17.1 Å². The highest BCUT2D eigenvalue weighted by Crippen LogP contribution is 2.36. The Bertz CT molecular complexity index is 879. The number of pyridine rings is 1. The highest BCUT2D eigenvalue weighted by Gasteiger charge is 2.51. The van der Waals surface area contributed by atoms with Gasteiger partial charge in [0.1, 0.15) is 0 Å². The number of carbonyl (C=O) groups excluding carboxylic acids is 1. The summed E-state index contributed by atoms with van der Waals surface area (Å²) in [6.07, 6.45) is 4.26. The van der Waals surface area contributed by atoms with Crippen molar-refractivity contribution in [3.05, 3.63) is 42.7 Å². The van der Waals surface area contributed by atoms with Crippen LogP contribution in [0.25, 0.3) is 11.1 Å². The Hall–Kier alpha value is -2.18. The molecule has 0 radical (unpaired) electrons. The standard InChI is InChI=1S/C22H27BN2O3/c1-15-10-20(26)25(14-15)19-8-6-16(7-9-19)17-11-18(13-24-12-17)23-27-21(2,3)22(4,5)28-23/h6-9,11-13,15H,10,14H2,1-5H3. The van der Waals surface area contributed by atoms with Gasteiger partial charge in [-0.3, -0.25) is 9.78 Å². The Labute approximate surface area is 167 Å². The van der Waals surface area contributed by atoms with Gasteiger partial charge in [-0.2, -0.15) is 0 Å². The van der Waals surface area contributed by atoms with Crippen LogP contribution in [-0.4, -0.2) is 35.8 Å². The van der Waals surface area contributed by atoms with Gasteiger partial charge in [0.2, 0.25) is 5.91 Å².